The van der Waals surface area contributed by atoms with Crippen LogP contribution >= 0.6 is 34.5 Å². The fraction of sp³-hybridized carbons (Fsp3) is 0.222. The van der Waals surface area contributed by atoms with E-state index >= 15 is 0 Å². The number of ether oxygens (including phenoxy) is 2. The van der Waals surface area contributed by atoms with E-state index in [4.69, 9.17) is 32.7 Å². The smallest absolute Gasteiger partial charge is 0.283 e. The molecule has 1 heterocycles. The fourth-order valence-corrected chi connectivity index (χ4v) is 4.26. The van der Waals surface area contributed by atoms with Gasteiger partial charge in [-0.25, -0.2) is 0 Å². The first-order valence-corrected chi connectivity index (χ1v) is 9.36. The highest BCUT2D eigenvalue weighted by molar-refractivity contribution is 7.16. The third-order valence-corrected chi connectivity index (χ3v) is 5.72. The van der Waals surface area contributed by atoms with Crippen molar-refractivity contribution in [1.82, 2.24) is 4.57 Å². The highest BCUT2D eigenvalue weighted by Gasteiger charge is 2.17. The number of methoxy groups -OCH3 is 2. The summed E-state index contributed by atoms with van der Waals surface area (Å²) in [6.45, 7) is 2.56. The molecule has 0 bridgehead atoms. The minimum atomic E-state index is -0.420. The lowest BCUT2D eigenvalue weighted by molar-refractivity contribution is 0.0994. The van der Waals surface area contributed by atoms with Crippen molar-refractivity contribution in [3.8, 4) is 11.5 Å². The largest absolute Gasteiger partial charge is 0.493 e. The van der Waals surface area contributed by atoms with Gasteiger partial charge in [0.05, 0.1) is 40.0 Å². The van der Waals surface area contributed by atoms with Gasteiger partial charge in [-0.1, -0.05) is 40.6 Å². The van der Waals surface area contributed by atoms with Crippen LogP contribution in [0.2, 0.25) is 10.0 Å². The molecule has 0 atom stereocenters. The first kappa shape index (κ1) is 18.8. The number of hydrogen-bond donors (Lipinski definition) is 0. The molecule has 3 aromatic rings. The summed E-state index contributed by atoms with van der Waals surface area (Å²) in [5.41, 5.74) is 1.10. The van der Waals surface area contributed by atoms with Crippen molar-refractivity contribution >= 4 is 50.7 Å². The quantitative estimate of drug-likeness (QED) is 0.621. The number of carbonyl (C=O) groups excluding carboxylic acids is 1. The normalized spacial score (nSPS) is 11.8. The van der Waals surface area contributed by atoms with Gasteiger partial charge >= 0.3 is 0 Å². The van der Waals surface area contributed by atoms with Gasteiger partial charge in [-0.3, -0.25) is 4.79 Å². The number of nitrogens with zero attached hydrogens (tertiary/aromatic N) is 2. The molecule has 0 aliphatic rings. The first-order chi connectivity index (χ1) is 12.5. The number of thiazole rings is 1. The van der Waals surface area contributed by atoms with E-state index in [0.717, 1.165) is 10.2 Å². The molecule has 0 N–H and O–H groups in total. The maximum absolute atomic E-state index is 12.8. The maximum Gasteiger partial charge on any atom is 0.283 e. The zero-order valence-corrected chi connectivity index (χ0v) is 16.7. The second kappa shape index (κ2) is 7.70. The molecule has 5 nitrogen and oxygen atoms in total. The lowest BCUT2D eigenvalue weighted by Crippen LogP contribution is -2.16. The van der Waals surface area contributed by atoms with Crippen LogP contribution < -0.4 is 14.3 Å². The van der Waals surface area contributed by atoms with Crippen LogP contribution in [0.25, 0.3) is 10.2 Å². The lowest BCUT2D eigenvalue weighted by Gasteiger charge is -2.10. The predicted octanol–water partition coefficient (Wildman–Crippen LogP) is 4.79. The second-order valence-corrected chi connectivity index (χ2v) is 7.09. The van der Waals surface area contributed by atoms with Crippen molar-refractivity contribution < 1.29 is 14.3 Å². The number of amides is 1. The van der Waals surface area contributed by atoms with Crippen molar-refractivity contribution in [2.24, 2.45) is 4.99 Å². The molecule has 2 aromatic carbocycles. The van der Waals surface area contributed by atoms with Crippen LogP contribution in [-0.4, -0.2) is 24.7 Å². The summed E-state index contributed by atoms with van der Waals surface area (Å²) in [7, 11) is 3.01. The summed E-state index contributed by atoms with van der Waals surface area (Å²) >= 11 is 13.9. The number of fused-ring (bicyclic) bond motifs is 1. The molecule has 0 aliphatic heterocycles. The SMILES string of the molecule is CCn1c(=NC(=O)c2cccc(OC)c2OC)sc2ccc(Cl)c(Cl)c21. The van der Waals surface area contributed by atoms with Crippen LogP contribution in [0.3, 0.4) is 0 Å². The first-order valence-electron chi connectivity index (χ1n) is 7.79. The van der Waals surface area contributed by atoms with E-state index < -0.39 is 5.91 Å². The fourth-order valence-electron chi connectivity index (χ4n) is 2.68. The molecule has 0 saturated carbocycles. The van der Waals surface area contributed by atoms with Gasteiger partial charge in [0.2, 0.25) is 0 Å². The molecule has 0 aliphatic carbocycles. The number of carbonyl (C=O) groups is 1. The molecule has 0 saturated heterocycles. The summed E-state index contributed by atoms with van der Waals surface area (Å²) in [6.07, 6.45) is 0. The van der Waals surface area contributed by atoms with Crippen molar-refractivity contribution in [3.05, 3.63) is 50.7 Å². The van der Waals surface area contributed by atoms with E-state index in [-0.39, 0.29) is 0 Å². The summed E-state index contributed by atoms with van der Waals surface area (Å²) in [5, 5.41) is 0.918. The molecular formula is C18H16Cl2N2O3S. The van der Waals surface area contributed by atoms with E-state index in [0.29, 0.717) is 38.5 Å². The Morgan fingerprint density at radius 3 is 2.62 bits per heavy atom. The Morgan fingerprint density at radius 2 is 1.96 bits per heavy atom. The van der Waals surface area contributed by atoms with Crippen LogP contribution in [0, 0.1) is 0 Å². The van der Waals surface area contributed by atoms with Crippen LogP contribution in [0.15, 0.2) is 35.3 Å². The van der Waals surface area contributed by atoms with Gasteiger partial charge in [0.25, 0.3) is 5.91 Å². The molecule has 0 unspecified atom stereocenters. The van der Waals surface area contributed by atoms with Crippen LogP contribution in [0.5, 0.6) is 11.5 Å². The number of aromatic nitrogens is 1. The lowest BCUT2D eigenvalue weighted by atomic mass is 10.2. The average Bonchev–Trinajstić information content (AvgIpc) is 3.01. The molecule has 0 fully saturated rings. The van der Waals surface area contributed by atoms with Crippen molar-refractivity contribution in [1.29, 1.82) is 0 Å². The van der Waals surface area contributed by atoms with Gasteiger partial charge in [0, 0.05) is 6.54 Å². The molecule has 0 radical (unpaired) electrons. The number of aryl methyl sites for hydroxylation is 1. The summed E-state index contributed by atoms with van der Waals surface area (Å²) in [4.78, 5) is 17.6. The molecule has 3 rings (SSSR count). The number of halogens is 2. The summed E-state index contributed by atoms with van der Waals surface area (Å²) in [5.74, 6) is 0.411. The van der Waals surface area contributed by atoms with Crippen molar-refractivity contribution in [2.75, 3.05) is 14.2 Å². The van der Waals surface area contributed by atoms with Crippen molar-refractivity contribution in [3.63, 3.8) is 0 Å². The minimum absolute atomic E-state index is 0.330. The van der Waals surface area contributed by atoms with Gasteiger partial charge in [-0.2, -0.15) is 4.99 Å². The van der Waals surface area contributed by atoms with E-state index in [1.165, 1.54) is 25.6 Å². The Morgan fingerprint density at radius 1 is 1.19 bits per heavy atom. The summed E-state index contributed by atoms with van der Waals surface area (Å²) in [6, 6.07) is 8.71. The Balaban J connectivity index is 2.20. The zero-order chi connectivity index (χ0) is 18.8. The molecule has 1 aromatic heterocycles. The second-order valence-electron chi connectivity index (χ2n) is 5.30. The van der Waals surface area contributed by atoms with Crippen LogP contribution in [0.1, 0.15) is 17.3 Å². The molecule has 0 spiro atoms. The molecule has 26 heavy (non-hydrogen) atoms. The summed E-state index contributed by atoms with van der Waals surface area (Å²) < 4.78 is 13.4. The van der Waals surface area contributed by atoms with Gasteiger partial charge in [-0.05, 0) is 31.2 Å². The van der Waals surface area contributed by atoms with E-state index in [1.807, 2.05) is 17.6 Å². The van der Waals surface area contributed by atoms with Gasteiger partial charge < -0.3 is 14.0 Å². The third-order valence-electron chi connectivity index (χ3n) is 3.88. The maximum atomic E-state index is 12.8. The molecule has 8 heteroatoms. The van der Waals surface area contributed by atoms with E-state index in [1.54, 1.807) is 24.3 Å². The van der Waals surface area contributed by atoms with Crippen LogP contribution in [0.4, 0.5) is 0 Å². The number of para-hydroxylation sites is 1. The van der Waals surface area contributed by atoms with Crippen LogP contribution in [-0.2, 0) is 6.54 Å². The highest BCUT2D eigenvalue weighted by atomic mass is 35.5. The monoisotopic (exact) mass is 410 g/mol. The Bertz CT molecular complexity index is 1060. The van der Waals surface area contributed by atoms with E-state index in [2.05, 4.69) is 4.99 Å². The Kier molecular flexibility index (Phi) is 5.55. The number of rotatable bonds is 4. The zero-order valence-electron chi connectivity index (χ0n) is 14.4. The highest BCUT2D eigenvalue weighted by Crippen LogP contribution is 2.33. The minimum Gasteiger partial charge on any atom is -0.493 e. The molecular weight excluding hydrogens is 395 g/mol. The Hall–Kier alpha value is -2.02. The van der Waals surface area contributed by atoms with Crippen molar-refractivity contribution in [2.45, 2.75) is 13.5 Å². The van der Waals surface area contributed by atoms with Gasteiger partial charge in [0.1, 0.15) is 0 Å². The van der Waals surface area contributed by atoms with Gasteiger partial charge in [-0.15, -0.1) is 0 Å². The standard InChI is InChI=1S/C18H16Cl2N2O3S/c1-4-22-15-13(9-8-11(19)14(15)20)26-18(22)21-17(23)10-6-5-7-12(24-2)16(10)25-3/h5-9H,4H2,1-3H3. The van der Waals surface area contributed by atoms with Gasteiger partial charge in [0.15, 0.2) is 16.3 Å². The number of benzene rings is 2. The average molecular weight is 411 g/mol. The number of hydrogen-bond acceptors (Lipinski definition) is 4. The van der Waals surface area contributed by atoms with E-state index in [9.17, 15) is 4.79 Å². The topological polar surface area (TPSA) is 52.8 Å². The molecule has 1 amide bonds. The Labute approximate surface area is 164 Å². The molecule has 136 valence electrons. The predicted molar refractivity (Wildman–Crippen MR) is 105 cm³/mol. The third kappa shape index (κ3) is 3.20.